The first-order valence-electron chi connectivity index (χ1n) is 12.3. The van der Waals surface area contributed by atoms with Crippen molar-refractivity contribution < 1.29 is 22.0 Å². The van der Waals surface area contributed by atoms with Crippen LogP contribution in [0.5, 0.6) is 0 Å². The van der Waals surface area contributed by atoms with Crippen LogP contribution in [-0.2, 0) is 10.0 Å². The number of halogens is 1. The highest BCUT2D eigenvalue weighted by Gasteiger charge is 2.23. The summed E-state index contributed by atoms with van der Waals surface area (Å²) in [5, 5.41) is 10.5. The number of carbonyl (C=O) groups is 1. The fourth-order valence-corrected chi connectivity index (χ4v) is 6.20. The van der Waals surface area contributed by atoms with Crippen molar-refractivity contribution in [3.8, 4) is 39.1 Å². The summed E-state index contributed by atoms with van der Waals surface area (Å²) >= 11 is 1.45. The maximum Gasteiger partial charge on any atom is 0.232 e. The molecule has 2 aromatic heterocycles. The Morgan fingerprint density at radius 3 is 2.46 bits per heavy atom. The number of benzene rings is 4. The number of aldehydes is 1. The molecule has 2 heterocycles. The van der Waals surface area contributed by atoms with Crippen molar-refractivity contribution >= 4 is 54.5 Å². The molecule has 0 N–H and O–H groups in total. The Bertz CT molecular complexity index is 2140. The second-order valence-electron chi connectivity index (χ2n) is 9.46. The van der Waals surface area contributed by atoms with Gasteiger partial charge < -0.3 is 4.42 Å². The molecule has 0 aliphatic heterocycles. The van der Waals surface area contributed by atoms with E-state index in [-0.39, 0.29) is 11.3 Å². The van der Waals surface area contributed by atoms with Gasteiger partial charge in [-0.15, -0.1) is 11.3 Å². The van der Waals surface area contributed by atoms with Gasteiger partial charge in [-0.1, -0.05) is 18.2 Å². The lowest BCUT2D eigenvalue weighted by molar-refractivity contribution is 0.112. The summed E-state index contributed by atoms with van der Waals surface area (Å²) in [4.78, 5) is 17.0. The molecule has 0 unspecified atom stereocenters. The molecule has 0 amide bonds. The number of hydrogen-bond acceptors (Lipinski definition) is 7. The Morgan fingerprint density at radius 2 is 1.76 bits per heavy atom. The van der Waals surface area contributed by atoms with E-state index in [2.05, 4.69) is 6.07 Å². The molecule has 0 aliphatic rings. The summed E-state index contributed by atoms with van der Waals surface area (Å²) in [6, 6.07) is 23.9. The van der Waals surface area contributed by atoms with Crippen LogP contribution in [0.3, 0.4) is 0 Å². The molecule has 0 saturated heterocycles. The van der Waals surface area contributed by atoms with Gasteiger partial charge >= 0.3 is 0 Å². The number of thiazole rings is 1. The third-order valence-electron chi connectivity index (χ3n) is 6.84. The van der Waals surface area contributed by atoms with Gasteiger partial charge in [0.05, 0.1) is 39.4 Å². The number of carbonyl (C=O) groups excluding carboxylic acids is 1. The maximum absolute atomic E-state index is 13.6. The topological polar surface area (TPSA) is 104 Å². The first-order chi connectivity index (χ1) is 19.7. The van der Waals surface area contributed by atoms with Crippen LogP contribution >= 0.6 is 11.3 Å². The number of nitrogens with zero attached hydrogens (tertiary/aromatic N) is 3. The van der Waals surface area contributed by atoms with Gasteiger partial charge in [-0.2, -0.15) is 5.26 Å². The van der Waals surface area contributed by atoms with Gasteiger partial charge in [-0.3, -0.25) is 9.10 Å². The zero-order valence-corrected chi connectivity index (χ0v) is 23.4. The van der Waals surface area contributed by atoms with Crippen molar-refractivity contribution in [2.24, 2.45) is 0 Å². The first-order valence-corrected chi connectivity index (χ1v) is 15.0. The number of nitriles is 1. The number of rotatable bonds is 6. The van der Waals surface area contributed by atoms with Crippen LogP contribution in [0, 0.1) is 17.1 Å². The summed E-state index contributed by atoms with van der Waals surface area (Å²) in [6.07, 6.45) is 1.79. The molecule has 6 aromatic rings. The molecule has 7 nitrogen and oxygen atoms in total. The van der Waals surface area contributed by atoms with Gasteiger partial charge in [0.15, 0.2) is 6.29 Å². The summed E-state index contributed by atoms with van der Waals surface area (Å²) in [5.74, 6) is -0.157. The van der Waals surface area contributed by atoms with E-state index in [9.17, 15) is 22.9 Å². The zero-order chi connectivity index (χ0) is 28.9. The first kappa shape index (κ1) is 26.4. The van der Waals surface area contributed by atoms with E-state index in [1.807, 2.05) is 30.3 Å². The molecule has 0 fully saturated rings. The third-order valence-corrected chi connectivity index (χ3v) is 9.10. The number of hydrogen-bond donors (Lipinski definition) is 0. The molecule has 0 atom stereocenters. The van der Waals surface area contributed by atoms with Crippen molar-refractivity contribution in [2.45, 2.75) is 0 Å². The maximum atomic E-state index is 13.6. The van der Waals surface area contributed by atoms with Gasteiger partial charge in [0.2, 0.25) is 10.0 Å². The average molecular weight is 582 g/mol. The standard InChI is InChI=1S/C31H20FN3O4S2/c1-35(41(2,37)38)27-15-28-24(25(17-36)30(39-28)19-7-9-22(32)10-8-19)14-23(27)20-4-3-5-21(13-20)31-34-26-11-6-18(16-33)12-29(26)40-31/h3-15,17H,1-2H3. The summed E-state index contributed by atoms with van der Waals surface area (Å²) in [6.45, 7) is 0. The van der Waals surface area contributed by atoms with Crippen LogP contribution in [-0.4, -0.2) is 33.0 Å². The smallest absolute Gasteiger partial charge is 0.232 e. The number of aromatic nitrogens is 1. The van der Waals surface area contributed by atoms with Gasteiger partial charge in [0, 0.05) is 35.2 Å². The Hall–Kier alpha value is -4.85. The van der Waals surface area contributed by atoms with Crippen molar-refractivity contribution in [1.82, 2.24) is 4.98 Å². The molecule has 0 bridgehead atoms. The third kappa shape index (κ3) is 4.75. The molecule has 0 radical (unpaired) electrons. The van der Waals surface area contributed by atoms with Crippen LogP contribution in [0.1, 0.15) is 15.9 Å². The second-order valence-corrected chi connectivity index (χ2v) is 12.5. The summed E-state index contributed by atoms with van der Waals surface area (Å²) in [7, 11) is -2.21. The molecular formula is C31H20FN3O4S2. The van der Waals surface area contributed by atoms with Gasteiger partial charge in [-0.25, -0.2) is 17.8 Å². The molecule has 4 aromatic carbocycles. The van der Waals surface area contributed by atoms with Crippen LogP contribution in [0.25, 0.3) is 54.2 Å². The van der Waals surface area contributed by atoms with Gasteiger partial charge in [0.1, 0.15) is 22.2 Å². The minimum Gasteiger partial charge on any atom is -0.455 e. The van der Waals surface area contributed by atoms with E-state index in [4.69, 9.17) is 9.40 Å². The molecule has 6 rings (SSSR count). The number of fused-ring (bicyclic) bond motifs is 2. The van der Waals surface area contributed by atoms with E-state index < -0.39 is 15.8 Å². The highest BCUT2D eigenvalue weighted by molar-refractivity contribution is 7.92. The normalized spacial score (nSPS) is 11.6. The van der Waals surface area contributed by atoms with Crippen molar-refractivity contribution in [3.05, 3.63) is 95.8 Å². The SMILES string of the molecule is CN(c1cc2oc(-c3ccc(F)cc3)c(C=O)c2cc1-c1cccc(-c2nc3ccc(C#N)cc3s2)c1)S(C)(=O)=O. The fraction of sp³-hybridized carbons (Fsp3) is 0.0645. The van der Waals surface area contributed by atoms with Gasteiger partial charge in [0.25, 0.3) is 0 Å². The van der Waals surface area contributed by atoms with E-state index in [1.54, 1.807) is 24.3 Å². The monoisotopic (exact) mass is 581 g/mol. The van der Waals surface area contributed by atoms with Crippen molar-refractivity contribution in [3.63, 3.8) is 0 Å². The Kier molecular flexibility index (Phi) is 6.41. The van der Waals surface area contributed by atoms with Gasteiger partial charge in [-0.05, 0) is 60.2 Å². The predicted molar refractivity (Wildman–Crippen MR) is 159 cm³/mol. The summed E-state index contributed by atoms with van der Waals surface area (Å²) < 4.78 is 46.9. The highest BCUT2D eigenvalue weighted by Crippen LogP contribution is 2.42. The Labute approximate surface area is 238 Å². The van der Waals surface area contributed by atoms with E-state index >= 15 is 0 Å². The number of sulfonamides is 1. The minimum atomic E-state index is -3.66. The fourth-order valence-electron chi connectivity index (χ4n) is 4.69. The Morgan fingerprint density at radius 1 is 1.00 bits per heavy atom. The molecule has 202 valence electrons. The molecule has 0 aliphatic carbocycles. The van der Waals surface area contributed by atoms with Crippen LogP contribution in [0.15, 0.2) is 83.3 Å². The highest BCUT2D eigenvalue weighted by atomic mass is 32.2. The number of furan rings is 1. The number of anilines is 1. The van der Waals surface area contributed by atoms with Crippen molar-refractivity contribution in [1.29, 1.82) is 5.26 Å². The molecular weight excluding hydrogens is 561 g/mol. The largest absolute Gasteiger partial charge is 0.455 e. The Balaban J connectivity index is 1.56. The van der Waals surface area contributed by atoms with Crippen molar-refractivity contribution in [2.75, 3.05) is 17.6 Å². The average Bonchev–Trinajstić information content (AvgIpc) is 3.56. The molecule has 0 spiro atoms. The molecule has 41 heavy (non-hydrogen) atoms. The lowest BCUT2D eigenvalue weighted by Gasteiger charge is -2.21. The lowest BCUT2D eigenvalue weighted by Crippen LogP contribution is -2.25. The van der Waals surface area contributed by atoms with E-state index in [0.29, 0.717) is 45.2 Å². The van der Waals surface area contributed by atoms with Crippen LogP contribution < -0.4 is 4.31 Å². The second kappa shape index (κ2) is 9.96. The quantitative estimate of drug-likeness (QED) is 0.192. The van der Waals surface area contributed by atoms with Crippen LogP contribution in [0.4, 0.5) is 10.1 Å². The molecule has 0 saturated carbocycles. The van der Waals surface area contributed by atoms with E-state index in [0.717, 1.165) is 31.3 Å². The predicted octanol–water partition coefficient (Wildman–Crippen LogP) is 7.26. The summed E-state index contributed by atoms with van der Waals surface area (Å²) in [5.41, 5.74) is 4.87. The minimum absolute atomic E-state index is 0.264. The lowest BCUT2D eigenvalue weighted by atomic mass is 9.98. The molecule has 10 heteroatoms. The zero-order valence-electron chi connectivity index (χ0n) is 21.8. The van der Waals surface area contributed by atoms with Crippen LogP contribution in [0.2, 0.25) is 0 Å². The van der Waals surface area contributed by atoms with E-state index in [1.165, 1.54) is 42.6 Å².